The maximum absolute atomic E-state index is 13.0. The molecule has 7 heteroatoms. The van der Waals surface area contributed by atoms with E-state index in [9.17, 15) is 21.6 Å². The van der Waals surface area contributed by atoms with Crippen molar-refractivity contribution in [2.75, 3.05) is 6.54 Å². The number of nitrogens with one attached hydrogen (secondary N) is 1. The first-order valence-electron chi connectivity index (χ1n) is 5.80. The lowest BCUT2D eigenvalue weighted by Crippen LogP contribution is -2.26. The number of rotatable bonds is 4. The molecule has 1 aromatic carbocycles. The van der Waals surface area contributed by atoms with Gasteiger partial charge in [0, 0.05) is 6.54 Å². The Morgan fingerprint density at radius 2 is 1.84 bits per heavy atom. The Morgan fingerprint density at radius 3 is 2.26 bits per heavy atom. The molecule has 0 bridgehead atoms. The minimum Gasteiger partial charge on any atom is -0.211 e. The highest BCUT2D eigenvalue weighted by atomic mass is 32.2. The summed E-state index contributed by atoms with van der Waals surface area (Å²) in [6, 6.07) is 3.31. The lowest BCUT2D eigenvalue weighted by molar-refractivity contribution is -0.139. The fourth-order valence-corrected chi connectivity index (χ4v) is 2.88. The van der Waals surface area contributed by atoms with E-state index < -0.39 is 26.7 Å². The van der Waals surface area contributed by atoms with Crippen LogP contribution in [0.5, 0.6) is 0 Å². The van der Waals surface area contributed by atoms with Gasteiger partial charge in [0.25, 0.3) is 0 Å². The lowest BCUT2D eigenvalue weighted by Gasteiger charge is -2.16. The number of hydrogen-bond donors (Lipinski definition) is 1. The zero-order valence-electron chi connectivity index (χ0n) is 10.9. The first kappa shape index (κ1) is 16.0. The first-order chi connectivity index (χ1) is 8.59. The Balaban J connectivity index is 3.49. The van der Waals surface area contributed by atoms with Gasteiger partial charge in [0.05, 0.1) is 10.5 Å². The number of alkyl halides is 3. The Morgan fingerprint density at radius 1 is 1.26 bits per heavy atom. The van der Waals surface area contributed by atoms with Crippen LogP contribution in [-0.4, -0.2) is 15.0 Å². The third-order valence-electron chi connectivity index (χ3n) is 2.60. The number of halogens is 3. The van der Waals surface area contributed by atoms with Crippen molar-refractivity contribution in [1.29, 1.82) is 0 Å². The molecule has 1 aromatic rings. The molecule has 0 heterocycles. The summed E-state index contributed by atoms with van der Waals surface area (Å²) in [6.45, 7) is 5.03. The second-order valence-electron chi connectivity index (χ2n) is 4.41. The molecular weight excluding hydrogens is 279 g/mol. The van der Waals surface area contributed by atoms with Gasteiger partial charge in [0.2, 0.25) is 10.0 Å². The third kappa shape index (κ3) is 3.70. The van der Waals surface area contributed by atoms with E-state index in [1.54, 1.807) is 13.8 Å². The lowest BCUT2D eigenvalue weighted by atomic mass is 10.0. The van der Waals surface area contributed by atoms with Crippen LogP contribution in [0, 0.1) is 0 Å². The molecule has 1 rings (SSSR count). The van der Waals surface area contributed by atoms with Crippen LogP contribution < -0.4 is 4.72 Å². The van der Waals surface area contributed by atoms with E-state index in [-0.39, 0.29) is 12.5 Å². The summed E-state index contributed by atoms with van der Waals surface area (Å²) >= 11 is 0. The molecule has 0 aromatic heterocycles. The van der Waals surface area contributed by atoms with Crippen molar-refractivity contribution in [2.24, 2.45) is 0 Å². The Hall–Kier alpha value is -1.08. The van der Waals surface area contributed by atoms with Gasteiger partial charge in [-0.25, -0.2) is 13.1 Å². The molecule has 108 valence electrons. The predicted molar refractivity (Wildman–Crippen MR) is 66.4 cm³/mol. The van der Waals surface area contributed by atoms with Crippen LogP contribution in [0.2, 0.25) is 0 Å². The monoisotopic (exact) mass is 295 g/mol. The summed E-state index contributed by atoms with van der Waals surface area (Å²) in [4.78, 5) is -0.730. The van der Waals surface area contributed by atoms with Crippen LogP contribution in [0.1, 0.15) is 37.8 Å². The van der Waals surface area contributed by atoms with Crippen molar-refractivity contribution in [2.45, 2.75) is 37.8 Å². The summed E-state index contributed by atoms with van der Waals surface area (Å²) < 4.78 is 64.5. The molecule has 19 heavy (non-hydrogen) atoms. The first-order valence-corrected chi connectivity index (χ1v) is 7.28. The highest BCUT2D eigenvalue weighted by Gasteiger charge is 2.37. The molecule has 0 saturated carbocycles. The fraction of sp³-hybridized carbons (Fsp3) is 0.500. The minimum absolute atomic E-state index is 0.0333. The van der Waals surface area contributed by atoms with Crippen LogP contribution in [0.15, 0.2) is 23.1 Å². The standard InChI is InChI=1S/C12H16F3NO2S/c1-4-16-19(17,18)11-6-5-9(8(2)3)7-10(11)12(13,14)15/h5-8,16H,4H2,1-3H3. The Labute approximate surface area is 110 Å². The molecule has 0 unspecified atom stereocenters. The highest BCUT2D eigenvalue weighted by molar-refractivity contribution is 7.89. The van der Waals surface area contributed by atoms with Gasteiger partial charge < -0.3 is 0 Å². The summed E-state index contributed by atoms with van der Waals surface area (Å²) in [5.74, 6) is -0.114. The van der Waals surface area contributed by atoms with E-state index in [1.807, 2.05) is 0 Å². The van der Waals surface area contributed by atoms with E-state index in [2.05, 4.69) is 4.72 Å². The smallest absolute Gasteiger partial charge is 0.211 e. The molecule has 1 N–H and O–H groups in total. The molecule has 0 atom stereocenters. The van der Waals surface area contributed by atoms with E-state index in [0.717, 1.165) is 12.1 Å². The minimum atomic E-state index is -4.71. The topological polar surface area (TPSA) is 46.2 Å². The van der Waals surface area contributed by atoms with Gasteiger partial charge in [-0.1, -0.05) is 26.8 Å². The average Bonchev–Trinajstić information content (AvgIpc) is 2.26. The zero-order chi connectivity index (χ0) is 14.8. The summed E-state index contributed by atoms with van der Waals surface area (Å²) in [5.41, 5.74) is -0.678. The molecule has 0 aliphatic carbocycles. The van der Waals surface area contributed by atoms with Crippen molar-refractivity contribution in [3.8, 4) is 0 Å². The van der Waals surface area contributed by atoms with Crippen LogP contribution in [0.25, 0.3) is 0 Å². The number of hydrogen-bond acceptors (Lipinski definition) is 2. The number of benzene rings is 1. The molecule has 0 aliphatic heterocycles. The van der Waals surface area contributed by atoms with Gasteiger partial charge in [-0.2, -0.15) is 13.2 Å². The van der Waals surface area contributed by atoms with Gasteiger partial charge in [0.1, 0.15) is 0 Å². The van der Waals surface area contributed by atoms with E-state index >= 15 is 0 Å². The van der Waals surface area contributed by atoms with Crippen LogP contribution >= 0.6 is 0 Å². The predicted octanol–water partition coefficient (Wildman–Crippen LogP) is 3.13. The normalized spacial score (nSPS) is 13.0. The third-order valence-corrected chi connectivity index (χ3v) is 4.20. The highest BCUT2D eigenvalue weighted by Crippen LogP contribution is 2.35. The summed E-state index contributed by atoms with van der Waals surface area (Å²) in [7, 11) is -4.14. The van der Waals surface area contributed by atoms with E-state index in [0.29, 0.717) is 5.56 Å². The molecule has 0 radical (unpaired) electrons. The Kier molecular flexibility index (Phi) is 4.63. The fourth-order valence-electron chi connectivity index (χ4n) is 1.63. The summed E-state index contributed by atoms with van der Waals surface area (Å²) in [5, 5.41) is 0. The van der Waals surface area contributed by atoms with Crippen molar-refractivity contribution in [3.05, 3.63) is 29.3 Å². The van der Waals surface area contributed by atoms with Crippen molar-refractivity contribution >= 4 is 10.0 Å². The zero-order valence-corrected chi connectivity index (χ0v) is 11.7. The molecule has 0 saturated heterocycles. The molecule has 0 amide bonds. The van der Waals surface area contributed by atoms with Gasteiger partial charge in [-0.3, -0.25) is 0 Å². The van der Waals surface area contributed by atoms with E-state index in [1.165, 1.54) is 13.0 Å². The van der Waals surface area contributed by atoms with E-state index in [4.69, 9.17) is 0 Å². The molecule has 0 aliphatic rings. The maximum atomic E-state index is 13.0. The van der Waals surface area contributed by atoms with Crippen LogP contribution in [0.3, 0.4) is 0 Å². The molecule has 3 nitrogen and oxygen atoms in total. The largest absolute Gasteiger partial charge is 0.417 e. The molecule has 0 fully saturated rings. The van der Waals surface area contributed by atoms with Gasteiger partial charge in [-0.15, -0.1) is 0 Å². The van der Waals surface area contributed by atoms with Gasteiger partial charge in [-0.05, 0) is 23.6 Å². The molecular formula is C12H16F3NO2S. The van der Waals surface area contributed by atoms with Gasteiger partial charge >= 0.3 is 6.18 Å². The summed E-state index contributed by atoms with van der Waals surface area (Å²) in [6.07, 6.45) is -4.71. The second-order valence-corrected chi connectivity index (χ2v) is 6.14. The quantitative estimate of drug-likeness (QED) is 0.927. The Bertz CT molecular complexity index is 551. The SMILES string of the molecule is CCNS(=O)(=O)c1ccc(C(C)C)cc1C(F)(F)F. The molecule has 0 spiro atoms. The van der Waals surface area contributed by atoms with Crippen LogP contribution in [0.4, 0.5) is 13.2 Å². The van der Waals surface area contributed by atoms with Crippen molar-refractivity contribution < 1.29 is 21.6 Å². The van der Waals surface area contributed by atoms with Crippen molar-refractivity contribution in [3.63, 3.8) is 0 Å². The van der Waals surface area contributed by atoms with Gasteiger partial charge in [0.15, 0.2) is 0 Å². The average molecular weight is 295 g/mol. The van der Waals surface area contributed by atoms with Crippen molar-refractivity contribution in [1.82, 2.24) is 4.72 Å². The second kappa shape index (κ2) is 5.50. The number of sulfonamides is 1. The van der Waals surface area contributed by atoms with Crippen LogP contribution in [-0.2, 0) is 16.2 Å². The maximum Gasteiger partial charge on any atom is 0.417 e.